The molecule has 0 fully saturated rings. The average Bonchev–Trinajstić information content (AvgIpc) is 2.61. The second-order valence-corrected chi connectivity index (χ2v) is 8.53. The predicted molar refractivity (Wildman–Crippen MR) is 115 cm³/mol. The summed E-state index contributed by atoms with van der Waals surface area (Å²) in [6, 6.07) is 7.56. The molecule has 0 bridgehead atoms. The van der Waals surface area contributed by atoms with Crippen LogP contribution in [0.3, 0.4) is 0 Å². The summed E-state index contributed by atoms with van der Waals surface area (Å²) in [5, 5.41) is 3.96. The van der Waals surface area contributed by atoms with Gasteiger partial charge < -0.3 is 14.8 Å². The first kappa shape index (κ1) is 22.2. The van der Waals surface area contributed by atoms with E-state index in [1.54, 1.807) is 13.3 Å². The number of rotatable bonds is 9. The van der Waals surface area contributed by atoms with Crippen molar-refractivity contribution in [1.82, 2.24) is 4.98 Å². The molecule has 0 radical (unpaired) electrons. The topological polar surface area (TPSA) is 60.5 Å². The van der Waals surface area contributed by atoms with E-state index in [0.717, 1.165) is 16.6 Å². The quantitative estimate of drug-likeness (QED) is 0.623. The molecule has 1 amide bonds. The molecule has 0 saturated heterocycles. The standard InChI is InChI=1S/C23H34N2O3/c1-15(2)13-23(27-7,14-16(3)4)22(26)25-19-10-11-20(28-17(5)6)21-18(19)9-8-12-24-21/h8-12,15-17H,13-14H2,1-7H3,(H,25,26). The van der Waals surface area contributed by atoms with Gasteiger partial charge in [-0.15, -0.1) is 0 Å². The van der Waals surface area contributed by atoms with E-state index in [1.807, 2.05) is 38.1 Å². The molecule has 1 heterocycles. The lowest BCUT2D eigenvalue weighted by Crippen LogP contribution is -2.47. The van der Waals surface area contributed by atoms with E-state index in [1.165, 1.54) is 0 Å². The fourth-order valence-electron chi connectivity index (χ4n) is 3.69. The van der Waals surface area contributed by atoms with Gasteiger partial charge in [0.15, 0.2) is 0 Å². The summed E-state index contributed by atoms with van der Waals surface area (Å²) in [6.45, 7) is 12.4. The molecule has 154 valence electrons. The Labute approximate surface area is 168 Å². The van der Waals surface area contributed by atoms with Gasteiger partial charge in [-0.05, 0) is 62.8 Å². The normalized spacial score (nSPS) is 12.2. The van der Waals surface area contributed by atoms with E-state index in [9.17, 15) is 4.79 Å². The van der Waals surface area contributed by atoms with Crippen LogP contribution in [-0.2, 0) is 9.53 Å². The Kier molecular flexibility index (Phi) is 7.41. The number of ether oxygens (including phenoxy) is 2. The summed E-state index contributed by atoms with van der Waals surface area (Å²) in [7, 11) is 1.63. The van der Waals surface area contributed by atoms with Gasteiger partial charge in [-0.1, -0.05) is 27.7 Å². The van der Waals surface area contributed by atoms with Gasteiger partial charge in [0.2, 0.25) is 0 Å². The monoisotopic (exact) mass is 386 g/mol. The van der Waals surface area contributed by atoms with E-state index in [4.69, 9.17) is 9.47 Å². The van der Waals surface area contributed by atoms with Gasteiger partial charge in [-0.3, -0.25) is 9.78 Å². The number of benzene rings is 1. The number of nitrogens with one attached hydrogen (secondary N) is 1. The molecule has 5 heteroatoms. The number of hydrogen-bond acceptors (Lipinski definition) is 4. The van der Waals surface area contributed by atoms with Crippen molar-refractivity contribution in [2.75, 3.05) is 12.4 Å². The average molecular weight is 387 g/mol. The minimum absolute atomic E-state index is 0.0453. The number of methoxy groups -OCH3 is 1. The zero-order chi connectivity index (χ0) is 20.9. The Bertz CT molecular complexity index is 790. The molecule has 0 unspecified atom stereocenters. The second-order valence-electron chi connectivity index (χ2n) is 8.53. The number of hydrogen-bond donors (Lipinski definition) is 1. The summed E-state index contributed by atoms with van der Waals surface area (Å²) in [5.41, 5.74) is 0.604. The molecule has 0 spiro atoms. The highest BCUT2D eigenvalue weighted by Crippen LogP contribution is 2.34. The lowest BCUT2D eigenvalue weighted by atomic mass is 9.84. The maximum Gasteiger partial charge on any atom is 0.256 e. The number of pyridine rings is 1. The molecule has 1 aromatic heterocycles. The summed E-state index contributed by atoms with van der Waals surface area (Å²) >= 11 is 0. The Morgan fingerprint density at radius 1 is 1.07 bits per heavy atom. The third-order valence-electron chi connectivity index (χ3n) is 4.62. The maximum atomic E-state index is 13.4. The second kappa shape index (κ2) is 9.37. The van der Waals surface area contributed by atoms with E-state index < -0.39 is 5.60 Å². The number of nitrogens with zero attached hydrogens (tertiary/aromatic N) is 1. The highest BCUT2D eigenvalue weighted by Gasteiger charge is 2.40. The number of amides is 1. The summed E-state index contributed by atoms with van der Waals surface area (Å²) in [6.07, 6.45) is 3.11. The molecule has 0 saturated carbocycles. The number of carbonyl (C=O) groups excluding carboxylic acids is 1. The number of anilines is 1. The van der Waals surface area contributed by atoms with Crippen molar-refractivity contribution in [3.63, 3.8) is 0 Å². The van der Waals surface area contributed by atoms with Crippen LogP contribution in [0.25, 0.3) is 10.9 Å². The van der Waals surface area contributed by atoms with Crippen LogP contribution in [-0.4, -0.2) is 29.7 Å². The van der Waals surface area contributed by atoms with Crippen LogP contribution < -0.4 is 10.1 Å². The molecular formula is C23H34N2O3. The Hall–Kier alpha value is -2.14. The van der Waals surface area contributed by atoms with Crippen molar-refractivity contribution < 1.29 is 14.3 Å². The molecular weight excluding hydrogens is 352 g/mol. The lowest BCUT2D eigenvalue weighted by Gasteiger charge is -2.34. The first-order valence-corrected chi connectivity index (χ1v) is 10.1. The Morgan fingerprint density at radius 2 is 1.71 bits per heavy atom. The van der Waals surface area contributed by atoms with Crippen LogP contribution in [0.2, 0.25) is 0 Å². The summed E-state index contributed by atoms with van der Waals surface area (Å²) in [4.78, 5) is 17.8. The van der Waals surface area contributed by atoms with Crippen LogP contribution in [0.4, 0.5) is 5.69 Å². The minimum atomic E-state index is -0.857. The Balaban J connectivity index is 2.42. The van der Waals surface area contributed by atoms with Gasteiger partial charge in [0.05, 0.1) is 11.8 Å². The van der Waals surface area contributed by atoms with Crippen molar-refractivity contribution in [1.29, 1.82) is 0 Å². The number of fused-ring (bicyclic) bond motifs is 1. The predicted octanol–water partition coefficient (Wildman–Crippen LogP) is 5.44. The highest BCUT2D eigenvalue weighted by atomic mass is 16.5. The van der Waals surface area contributed by atoms with Gasteiger partial charge >= 0.3 is 0 Å². The summed E-state index contributed by atoms with van der Waals surface area (Å²) < 4.78 is 11.7. The third kappa shape index (κ3) is 5.22. The molecule has 0 atom stereocenters. The van der Waals surface area contributed by atoms with Gasteiger partial charge in [0, 0.05) is 18.7 Å². The summed E-state index contributed by atoms with van der Waals surface area (Å²) in [5.74, 6) is 1.28. The van der Waals surface area contributed by atoms with Gasteiger partial charge in [0.1, 0.15) is 16.9 Å². The first-order chi connectivity index (χ1) is 13.2. The molecule has 0 aliphatic carbocycles. The van der Waals surface area contributed by atoms with Crippen LogP contribution in [0.5, 0.6) is 5.75 Å². The fourth-order valence-corrected chi connectivity index (χ4v) is 3.69. The van der Waals surface area contributed by atoms with Crippen LogP contribution >= 0.6 is 0 Å². The molecule has 2 aromatic rings. The van der Waals surface area contributed by atoms with E-state index >= 15 is 0 Å². The van der Waals surface area contributed by atoms with Crippen molar-refractivity contribution in [3.05, 3.63) is 30.5 Å². The zero-order valence-corrected chi connectivity index (χ0v) is 18.2. The van der Waals surface area contributed by atoms with Crippen LogP contribution in [0.1, 0.15) is 54.4 Å². The zero-order valence-electron chi connectivity index (χ0n) is 18.2. The molecule has 0 aliphatic heterocycles. The largest absolute Gasteiger partial charge is 0.489 e. The fraction of sp³-hybridized carbons (Fsp3) is 0.565. The molecule has 0 aliphatic rings. The van der Waals surface area contributed by atoms with E-state index in [2.05, 4.69) is 38.0 Å². The van der Waals surface area contributed by atoms with Crippen LogP contribution in [0, 0.1) is 11.8 Å². The van der Waals surface area contributed by atoms with Gasteiger partial charge in [-0.2, -0.15) is 0 Å². The lowest BCUT2D eigenvalue weighted by molar-refractivity contribution is -0.142. The molecule has 1 N–H and O–H groups in total. The van der Waals surface area contributed by atoms with E-state index in [0.29, 0.717) is 30.4 Å². The highest BCUT2D eigenvalue weighted by molar-refractivity contribution is 6.05. The molecule has 5 nitrogen and oxygen atoms in total. The van der Waals surface area contributed by atoms with Crippen LogP contribution in [0.15, 0.2) is 30.5 Å². The number of carbonyl (C=O) groups is 1. The number of aromatic nitrogens is 1. The van der Waals surface area contributed by atoms with Gasteiger partial charge in [-0.25, -0.2) is 0 Å². The molecule has 1 aromatic carbocycles. The van der Waals surface area contributed by atoms with Crippen molar-refractivity contribution in [2.24, 2.45) is 11.8 Å². The molecule has 28 heavy (non-hydrogen) atoms. The van der Waals surface area contributed by atoms with Crippen molar-refractivity contribution >= 4 is 22.5 Å². The van der Waals surface area contributed by atoms with E-state index in [-0.39, 0.29) is 12.0 Å². The van der Waals surface area contributed by atoms with Crippen molar-refractivity contribution in [3.8, 4) is 5.75 Å². The first-order valence-electron chi connectivity index (χ1n) is 10.1. The smallest absolute Gasteiger partial charge is 0.256 e. The third-order valence-corrected chi connectivity index (χ3v) is 4.62. The Morgan fingerprint density at radius 3 is 2.25 bits per heavy atom. The van der Waals surface area contributed by atoms with Gasteiger partial charge in [0.25, 0.3) is 5.91 Å². The minimum Gasteiger partial charge on any atom is -0.489 e. The molecule has 2 rings (SSSR count). The SMILES string of the molecule is COC(CC(C)C)(CC(C)C)C(=O)Nc1ccc(OC(C)C)c2ncccc12. The maximum absolute atomic E-state index is 13.4. The van der Waals surface area contributed by atoms with Crippen molar-refractivity contribution in [2.45, 2.75) is 66.1 Å².